The minimum atomic E-state index is -0.474. The first-order chi connectivity index (χ1) is 11.4. The van der Waals surface area contributed by atoms with Crippen molar-refractivity contribution in [2.75, 3.05) is 13.1 Å². The number of amides is 1. The first-order valence-electron chi connectivity index (χ1n) is 8.59. The molecule has 0 radical (unpaired) electrons. The van der Waals surface area contributed by atoms with Crippen molar-refractivity contribution in [2.24, 2.45) is 0 Å². The number of nitrogens with one attached hydrogen (secondary N) is 1. The van der Waals surface area contributed by atoms with Crippen molar-refractivity contribution >= 4 is 6.09 Å². The van der Waals surface area contributed by atoms with Gasteiger partial charge in [-0.15, -0.1) is 0 Å². The molecular weight excluding hydrogens is 302 g/mol. The highest BCUT2D eigenvalue weighted by molar-refractivity contribution is 5.68. The van der Waals surface area contributed by atoms with Crippen LogP contribution < -0.4 is 5.32 Å². The SMILES string of the molecule is CC(C)(C)OC(=O)N1CCCCC1CNCc1ccccc1C#N. The number of carbonyl (C=O) groups is 1. The van der Waals surface area contributed by atoms with Crippen molar-refractivity contribution in [3.05, 3.63) is 35.4 Å². The Labute approximate surface area is 144 Å². The van der Waals surface area contributed by atoms with Crippen LogP contribution in [0.25, 0.3) is 0 Å². The molecule has 0 aliphatic carbocycles. The lowest BCUT2D eigenvalue weighted by molar-refractivity contribution is 0.00993. The van der Waals surface area contributed by atoms with Gasteiger partial charge < -0.3 is 15.0 Å². The Morgan fingerprint density at radius 2 is 2.12 bits per heavy atom. The van der Waals surface area contributed by atoms with Crippen LogP contribution in [0.3, 0.4) is 0 Å². The van der Waals surface area contributed by atoms with E-state index >= 15 is 0 Å². The van der Waals surface area contributed by atoms with Crippen LogP contribution in [-0.4, -0.2) is 35.7 Å². The van der Waals surface area contributed by atoms with Crippen LogP contribution in [0.15, 0.2) is 24.3 Å². The second-order valence-electron chi connectivity index (χ2n) is 7.22. The van der Waals surface area contributed by atoms with Crippen LogP contribution in [0.5, 0.6) is 0 Å². The summed E-state index contributed by atoms with van der Waals surface area (Å²) in [4.78, 5) is 14.2. The summed E-state index contributed by atoms with van der Waals surface area (Å²) in [7, 11) is 0. The van der Waals surface area contributed by atoms with E-state index in [0.29, 0.717) is 18.7 Å². The lowest BCUT2D eigenvalue weighted by Gasteiger charge is -2.37. The molecule has 130 valence electrons. The van der Waals surface area contributed by atoms with Gasteiger partial charge in [0.15, 0.2) is 0 Å². The van der Waals surface area contributed by atoms with E-state index in [1.54, 1.807) is 0 Å². The van der Waals surface area contributed by atoms with Crippen LogP contribution in [0, 0.1) is 11.3 Å². The molecule has 1 fully saturated rings. The van der Waals surface area contributed by atoms with E-state index < -0.39 is 5.60 Å². The van der Waals surface area contributed by atoms with E-state index in [4.69, 9.17) is 10.00 Å². The monoisotopic (exact) mass is 329 g/mol. The van der Waals surface area contributed by atoms with Crippen LogP contribution in [0.1, 0.15) is 51.2 Å². The molecule has 1 aromatic rings. The minimum Gasteiger partial charge on any atom is -0.444 e. The van der Waals surface area contributed by atoms with Crippen molar-refractivity contribution in [2.45, 2.75) is 58.2 Å². The summed E-state index contributed by atoms with van der Waals surface area (Å²) in [5.74, 6) is 0. The zero-order valence-electron chi connectivity index (χ0n) is 14.8. The number of hydrogen-bond donors (Lipinski definition) is 1. The number of piperidine rings is 1. The summed E-state index contributed by atoms with van der Waals surface area (Å²) in [6.07, 6.45) is 2.89. The highest BCUT2D eigenvalue weighted by Crippen LogP contribution is 2.20. The van der Waals surface area contributed by atoms with Crippen LogP contribution >= 0.6 is 0 Å². The van der Waals surface area contributed by atoms with Gasteiger partial charge in [0.25, 0.3) is 0 Å². The number of ether oxygens (including phenoxy) is 1. The van der Waals surface area contributed by atoms with Gasteiger partial charge >= 0.3 is 6.09 Å². The quantitative estimate of drug-likeness (QED) is 0.919. The number of carbonyl (C=O) groups excluding carboxylic acids is 1. The molecule has 2 rings (SSSR count). The molecule has 5 heteroatoms. The molecule has 1 aliphatic rings. The molecule has 24 heavy (non-hydrogen) atoms. The van der Waals surface area contributed by atoms with Crippen molar-refractivity contribution in [1.82, 2.24) is 10.2 Å². The molecule has 1 amide bonds. The predicted octanol–water partition coefficient (Wildman–Crippen LogP) is 3.44. The summed E-state index contributed by atoms with van der Waals surface area (Å²) in [5.41, 5.74) is 1.20. The van der Waals surface area contributed by atoms with Gasteiger partial charge in [-0.3, -0.25) is 0 Å². The predicted molar refractivity (Wildman–Crippen MR) is 93.4 cm³/mol. The molecule has 0 bridgehead atoms. The van der Waals surface area contributed by atoms with E-state index in [0.717, 1.165) is 31.4 Å². The molecule has 1 atom stereocenters. The third-order valence-electron chi connectivity index (χ3n) is 4.09. The average Bonchev–Trinajstić information content (AvgIpc) is 2.54. The standard InChI is InChI=1S/C19H27N3O2/c1-19(2,3)24-18(23)22-11-7-6-10-17(22)14-21-13-16-9-5-4-8-15(16)12-20/h4-5,8-9,17,21H,6-7,10-11,13-14H2,1-3H3. The molecule has 5 nitrogen and oxygen atoms in total. The fraction of sp³-hybridized carbons (Fsp3) is 0.579. The highest BCUT2D eigenvalue weighted by Gasteiger charge is 2.30. The Morgan fingerprint density at radius 3 is 2.83 bits per heavy atom. The lowest BCUT2D eigenvalue weighted by Crippen LogP contribution is -2.50. The number of nitriles is 1. The minimum absolute atomic E-state index is 0.142. The molecule has 0 aromatic heterocycles. The van der Waals surface area contributed by atoms with Gasteiger partial charge in [-0.25, -0.2) is 4.79 Å². The van der Waals surface area contributed by atoms with Crippen molar-refractivity contribution in [1.29, 1.82) is 5.26 Å². The summed E-state index contributed by atoms with van der Waals surface area (Å²) >= 11 is 0. The highest BCUT2D eigenvalue weighted by atomic mass is 16.6. The van der Waals surface area contributed by atoms with E-state index in [2.05, 4.69) is 11.4 Å². The van der Waals surface area contributed by atoms with Gasteiger partial charge in [-0.2, -0.15) is 5.26 Å². The maximum absolute atomic E-state index is 12.4. The topological polar surface area (TPSA) is 65.4 Å². The fourth-order valence-electron chi connectivity index (χ4n) is 2.93. The summed E-state index contributed by atoms with van der Waals surface area (Å²) in [6.45, 7) is 7.75. The molecular formula is C19H27N3O2. The van der Waals surface area contributed by atoms with Crippen molar-refractivity contribution in [3.8, 4) is 6.07 Å². The average molecular weight is 329 g/mol. The summed E-state index contributed by atoms with van der Waals surface area (Å²) < 4.78 is 5.52. The van der Waals surface area contributed by atoms with Gasteiger partial charge in [-0.05, 0) is 51.7 Å². The number of rotatable bonds is 4. The van der Waals surface area contributed by atoms with Gasteiger partial charge in [0.1, 0.15) is 5.60 Å². The van der Waals surface area contributed by atoms with E-state index in [1.807, 2.05) is 49.9 Å². The normalized spacial score (nSPS) is 18.1. The van der Waals surface area contributed by atoms with Gasteiger partial charge in [0.05, 0.1) is 11.6 Å². The van der Waals surface area contributed by atoms with E-state index in [-0.39, 0.29) is 12.1 Å². The third kappa shape index (κ3) is 5.24. The number of likely N-dealkylation sites (tertiary alicyclic amines) is 1. The summed E-state index contributed by atoms with van der Waals surface area (Å²) in [6, 6.07) is 9.94. The zero-order valence-corrected chi connectivity index (χ0v) is 14.8. The molecule has 1 unspecified atom stereocenters. The number of hydrogen-bond acceptors (Lipinski definition) is 4. The van der Waals surface area contributed by atoms with Crippen LogP contribution in [0.4, 0.5) is 4.79 Å². The summed E-state index contributed by atoms with van der Waals surface area (Å²) in [5, 5.41) is 12.5. The molecule has 1 heterocycles. The third-order valence-corrected chi connectivity index (χ3v) is 4.09. The van der Waals surface area contributed by atoms with Gasteiger partial charge in [0, 0.05) is 25.7 Å². The second kappa shape index (κ2) is 8.16. The Hall–Kier alpha value is -2.06. The number of nitrogens with zero attached hydrogens (tertiary/aromatic N) is 2. The Kier molecular flexibility index (Phi) is 6.22. The van der Waals surface area contributed by atoms with Crippen molar-refractivity contribution in [3.63, 3.8) is 0 Å². The molecule has 1 aliphatic heterocycles. The van der Waals surface area contributed by atoms with E-state index in [1.165, 1.54) is 0 Å². The largest absolute Gasteiger partial charge is 0.444 e. The number of benzene rings is 1. The fourth-order valence-corrected chi connectivity index (χ4v) is 2.93. The molecule has 1 aromatic carbocycles. The van der Waals surface area contributed by atoms with Gasteiger partial charge in [-0.1, -0.05) is 18.2 Å². The van der Waals surface area contributed by atoms with E-state index in [9.17, 15) is 4.79 Å². The Bertz CT molecular complexity index is 601. The van der Waals surface area contributed by atoms with Gasteiger partial charge in [0.2, 0.25) is 0 Å². The smallest absolute Gasteiger partial charge is 0.410 e. The van der Waals surface area contributed by atoms with Crippen LogP contribution in [-0.2, 0) is 11.3 Å². The second-order valence-corrected chi connectivity index (χ2v) is 7.22. The van der Waals surface area contributed by atoms with Crippen LogP contribution in [0.2, 0.25) is 0 Å². The maximum Gasteiger partial charge on any atom is 0.410 e. The first kappa shape index (κ1) is 18.3. The van der Waals surface area contributed by atoms with Crippen molar-refractivity contribution < 1.29 is 9.53 Å². The molecule has 1 saturated heterocycles. The molecule has 0 saturated carbocycles. The lowest BCUT2D eigenvalue weighted by atomic mass is 10.0. The maximum atomic E-state index is 12.4. The zero-order chi connectivity index (χ0) is 17.6. The first-order valence-corrected chi connectivity index (χ1v) is 8.59. The Balaban J connectivity index is 1.92. The molecule has 0 spiro atoms. The Morgan fingerprint density at radius 1 is 1.38 bits per heavy atom. The molecule has 1 N–H and O–H groups in total.